The molecule has 9 nitrogen and oxygen atoms in total. The third-order valence-corrected chi connectivity index (χ3v) is 4.26. The highest BCUT2D eigenvalue weighted by molar-refractivity contribution is 5.69. The number of benzene rings is 1. The van der Waals surface area contributed by atoms with Crippen LogP contribution in [0.25, 0.3) is 23.4 Å². The Bertz CT molecular complexity index is 1030. The predicted molar refractivity (Wildman–Crippen MR) is 93.6 cm³/mol. The van der Waals surface area contributed by atoms with E-state index in [1.807, 2.05) is 29.8 Å². The lowest BCUT2D eigenvalue weighted by molar-refractivity contribution is -0.391. The fourth-order valence-electron chi connectivity index (χ4n) is 2.79. The lowest BCUT2D eigenvalue weighted by Crippen LogP contribution is -1.99. The van der Waals surface area contributed by atoms with Gasteiger partial charge in [-0.2, -0.15) is 0 Å². The molecule has 0 bridgehead atoms. The van der Waals surface area contributed by atoms with E-state index in [1.54, 1.807) is 25.4 Å². The number of aromatic nitrogens is 4. The molecule has 0 saturated heterocycles. The Morgan fingerprint density at radius 2 is 1.77 bits per heavy atom. The molecule has 0 spiro atoms. The molecule has 0 N–H and O–H groups in total. The minimum atomic E-state index is -0.469. The summed E-state index contributed by atoms with van der Waals surface area (Å²) in [4.78, 5) is 18.9. The molecule has 9 heteroatoms. The van der Waals surface area contributed by atoms with Gasteiger partial charge in [0.25, 0.3) is 0 Å². The van der Waals surface area contributed by atoms with Crippen molar-refractivity contribution in [3.8, 4) is 22.8 Å². The molecule has 0 aliphatic carbocycles. The molecule has 0 atom stereocenters. The summed E-state index contributed by atoms with van der Waals surface area (Å²) in [6.45, 7) is 0.230. The fourth-order valence-corrected chi connectivity index (χ4v) is 2.79. The first kappa shape index (κ1) is 15.9. The minimum absolute atomic E-state index is 0.0643. The summed E-state index contributed by atoms with van der Waals surface area (Å²) in [5, 5.41) is 10.9. The van der Waals surface area contributed by atoms with Gasteiger partial charge in [0.05, 0.1) is 18.9 Å². The molecule has 0 radical (unpaired) electrons. The van der Waals surface area contributed by atoms with E-state index in [1.165, 1.54) is 10.8 Å². The second-order valence-electron chi connectivity index (χ2n) is 5.75. The van der Waals surface area contributed by atoms with E-state index < -0.39 is 4.92 Å². The van der Waals surface area contributed by atoms with Crippen LogP contribution in [0.3, 0.4) is 0 Å². The van der Waals surface area contributed by atoms with Crippen LogP contribution in [0.4, 0.5) is 5.82 Å². The average molecular weight is 353 g/mol. The molecular weight excluding hydrogens is 338 g/mol. The number of imidazole rings is 2. The number of nitrogens with zero attached hydrogens (tertiary/aromatic N) is 5. The maximum Gasteiger partial charge on any atom is 0.342 e. The zero-order valence-electron chi connectivity index (χ0n) is 14.1. The van der Waals surface area contributed by atoms with Crippen LogP contribution in [0.2, 0.25) is 0 Å². The highest BCUT2D eigenvalue weighted by Gasteiger charge is 2.17. The van der Waals surface area contributed by atoms with Gasteiger partial charge in [-0.3, -0.25) is 0 Å². The molecule has 0 fully saturated rings. The van der Waals surface area contributed by atoms with Gasteiger partial charge in [0.2, 0.25) is 12.6 Å². The molecule has 0 unspecified atom stereocenters. The van der Waals surface area contributed by atoms with Crippen molar-refractivity contribution in [3.05, 3.63) is 52.4 Å². The largest absolute Gasteiger partial charge is 0.454 e. The number of rotatable bonds is 4. The van der Waals surface area contributed by atoms with E-state index in [9.17, 15) is 10.1 Å². The Morgan fingerprint density at radius 1 is 1.08 bits per heavy atom. The Labute approximate surface area is 148 Å². The van der Waals surface area contributed by atoms with E-state index >= 15 is 0 Å². The molecule has 2 aromatic heterocycles. The molecule has 0 amide bonds. The topological polar surface area (TPSA) is 97.2 Å². The van der Waals surface area contributed by atoms with E-state index in [2.05, 4.69) is 9.97 Å². The van der Waals surface area contributed by atoms with Crippen molar-refractivity contribution in [1.29, 1.82) is 0 Å². The summed E-state index contributed by atoms with van der Waals surface area (Å²) >= 11 is 0. The number of hydrogen-bond acceptors (Lipinski definition) is 6. The number of fused-ring (bicyclic) bond motifs is 1. The Kier molecular flexibility index (Phi) is 3.68. The van der Waals surface area contributed by atoms with Crippen molar-refractivity contribution in [2.75, 3.05) is 6.79 Å². The van der Waals surface area contributed by atoms with Gasteiger partial charge >= 0.3 is 5.82 Å². The van der Waals surface area contributed by atoms with Crippen LogP contribution in [-0.4, -0.2) is 30.8 Å². The van der Waals surface area contributed by atoms with Gasteiger partial charge in [0, 0.05) is 18.7 Å². The number of nitro groups is 1. The van der Waals surface area contributed by atoms with E-state index in [-0.39, 0.29) is 12.6 Å². The van der Waals surface area contributed by atoms with Gasteiger partial charge in [-0.1, -0.05) is 0 Å². The van der Waals surface area contributed by atoms with Crippen molar-refractivity contribution in [2.24, 2.45) is 14.1 Å². The van der Waals surface area contributed by atoms with Gasteiger partial charge in [-0.25, -0.2) is 14.5 Å². The molecule has 1 aliphatic rings. The predicted octanol–water partition coefficient (Wildman–Crippen LogP) is 2.63. The molecule has 1 aliphatic heterocycles. The first-order valence-electron chi connectivity index (χ1n) is 7.80. The third kappa shape index (κ3) is 2.59. The molecule has 132 valence electrons. The molecular formula is C17H15N5O4. The Morgan fingerprint density at radius 3 is 2.50 bits per heavy atom. The van der Waals surface area contributed by atoms with E-state index in [0.717, 1.165) is 17.0 Å². The number of ether oxygens (including phenoxy) is 2. The molecule has 3 heterocycles. The maximum atomic E-state index is 10.9. The highest BCUT2D eigenvalue weighted by atomic mass is 16.7. The van der Waals surface area contributed by atoms with Gasteiger partial charge in [-0.15, -0.1) is 0 Å². The summed E-state index contributed by atoms with van der Waals surface area (Å²) < 4.78 is 14.1. The summed E-state index contributed by atoms with van der Waals surface area (Å²) in [6.07, 6.45) is 6.45. The van der Waals surface area contributed by atoms with Crippen LogP contribution in [0, 0.1) is 10.1 Å². The van der Waals surface area contributed by atoms with Gasteiger partial charge in [0.15, 0.2) is 11.5 Å². The summed E-state index contributed by atoms with van der Waals surface area (Å²) in [6, 6.07) is 5.72. The first-order valence-corrected chi connectivity index (χ1v) is 7.80. The first-order chi connectivity index (χ1) is 12.5. The molecule has 3 aromatic rings. The zero-order chi connectivity index (χ0) is 18.3. The van der Waals surface area contributed by atoms with Crippen molar-refractivity contribution in [3.63, 3.8) is 0 Å². The zero-order valence-corrected chi connectivity index (χ0v) is 14.1. The molecule has 4 rings (SSSR count). The van der Waals surface area contributed by atoms with Crippen LogP contribution < -0.4 is 9.47 Å². The summed E-state index contributed by atoms with van der Waals surface area (Å²) in [5.41, 5.74) is 1.87. The van der Waals surface area contributed by atoms with Crippen LogP contribution in [0.1, 0.15) is 11.6 Å². The van der Waals surface area contributed by atoms with Crippen molar-refractivity contribution in [1.82, 2.24) is 19.1 Å². The highest BCUT2D eigenvalue weighted by Crippen LogP contribution is 2.36. The van der Waals surface area contributed by atoms with Crippen LogP contribution in [0.5, 0.6) is 11.5 Å². The monoisotopic (exact) mass is 353 g/mol. The second-order valence-corrected chi connectivity index (χ2v) is 5.75. The average Bonchev–Trinajstić information content (AvgIpc) is 3.31. The van der Waals surface area contributed by atoms with Crippen molar-refractivity contribution < 1.29 is 14.4 Å². The lowest BCUT2D eigenvalue weighted by atomic mass is 10.1. The van der Waals surface area contributed by atoms with Gasteiger partial charge < -0.3 is 24.2 Å². The van der Waals surface area contributed by atoms with Crippen LogP contribution in [0.15, 0.2) is 30.6 Å². The third-order valence-electron chi connectivity index (χ3n) is 4.26. The standard InChI is InChI=1S/C17H15N5O4/c1-20-12(11-3-4-13-14(7-11)26-10-25-13)8-18-15(20)5-6-16-19-9-17(21(16)2)22(23)24/h3-9H,10H2,1-2H3/b6-5+. The van der Waals surface area contributed by atoms with Gasteiger partial charge in [0.1, 0.15) is 12.0 Å². The SMILES string of the molecule is Cn1c(-c2ccc3c(c2)OCO3)cnc1/C=C/c1ncc([N+](=O)[O-])n1C. The normalized spacial score (nSPS) is 12.8. The second kappa shape index (κ2) is 6.03. The fraction of sp³-hybridized carbons (Fsp3) is 0.176. The Balaban J connectivity index is 1.63. The van der Waals surface area contributed by atoms with E-state index in [0.29, 0.717) is 17.4 Å². The molecule has 1 aromatic carbocycles. The van der Waals surface area contributed by atoms with Crippen molar-refractivity contribution >= 4 is 18.0 Å². The van der Waals surface area contributed by atoms with Crippen LogP contribution >= 0.6 is 0 Å². The van der Waals surface area contributed by atoms with Crippen molar-refractivity contribution in [2.45, 2.75) is 0 Å². The number of hydrogen-bond donors (Lipinski definition) is 0. The van der Waals surface area contributed by atoms with Gasteiger partial charge in [-0.05, 0) is 29.2 Å². The lowest BCUT2D eigenvalue weighted by Gasteiger charge is -2.05. The Hall–Kier alpha value is -3.62. The molecule has 0 saturated carbocycles. The smallest absolute Gasteiger partial charge is 0.342 e. The summed E-state index contributed by atoms with van der Waals surface area (Å²) in [7, 11) is 3.49. The summed E-state index contributed by atoms with van der Waals surface area (Å²) in [5.74, 6) is 2.55. The maximum absolute atomic E-state index is 10.9. The quantitative estimate of drug-likeness (QED) is 0.528. The van der Waals surface area contributed by atoms with Crippen LogP contribution in [-0.2, 0) is 14.1 Å². The molecule has 26 heavy (non-hydrogen) atoms. The minimum Gasteiger partial charge on any atom is -0.454 e. The van der Waals surface area contributed by atoms with E-state index in [4.69, 9.17) is 9.47 Å².